The van der Waals surface area contributed by atoms with Crippen LogP contribution in [0, 0.1) is 19.3 Å². The number of nitrogens with zero attached hydrogens (tertiary/aromatic N) is 4. The second-order valence-electron chi connectivity index (χ2n) is 8.81. The highest BCUT2D eigenvalue weighted by Crippen LogP contribution is 2.29. The Balaban J connectivity index is 2.18. The number of benzene rings is 1. The molecule has 3 rings (SSSR count). The zero-order valence-corrected chi connectivity index (χ0v) is 19.0. The van der Waals surface area contributed by atoms with E-state index in [1.54, 1.807) is 7.05 Å². The van der Waals surface area contributed by atoms with E-state index in [0.717, 1.165) is 4.57 Å². The van der Waals surface area contributed by atoms with Crippen molar-refractivity contribution in [1.82, 2.24) is 19.1 Å². The summed E-state index contributed by atoms with van der Waals surface area (Å²) in [5.41, 5.74) is 3.27. The van der Waals surface area contributed by atoms with Crippen LogP contribution in [0.4, 0.5) is 0 Å². The van der Waals surface area contributed by atoms with Crippen LogP contribution in [-0.2, 0) is 26.3 Å². The van der Waals surface area contributed by atoms with Gasteiger partial charge in [-0.15, -0.1) is 11.8 Å². The first-order chi connectivity index (χ1) is 13.5. The number of thioether (sulfide) groups is 1. The molecule has 6 nitrogen and oxygen atoms in total. The summed E-state index contributed by atoms with van der Waals surface area (Å²) in [5, 5.41) is 1.04. The fraction of sp³-hybridized carbons (Fsp3) is 0.455. The standard InChI is InChI=1S/C22H28N4O2S/c1-13-8-9-14(2)15(10-13)12-29-19-17-18(23-16(24-19)11-22(3,4)5)25(6)21(28)26(7)20(17)27/h8-10H,11-12H2,1-7H3. The summed E-state index contributed by atoms with van der Waals surface area (Å²) >= 11 is 1.52. The van der Waals surface area contributed by atoms with Gasteiger partial charge in [0.2, 0.25) is 0 Å². The Morgan fingerprint density at radius 3 is 2.38 bits per heavy atom. The molecule has 0 atom stereocenters. The Morgan fingerprint density at radius 2 is 1.72 bits per heavy atom. The van der Waals surface area contributed by atoms with E-state index in [2.05, 4.69) is 57.8 Å². The van der Waals surface area contributed by atoms with Gasteiger partial charge in [-0.05, 0) is 30.4 Å². The Labute approximate surface area is 175 Å². The van der Waals surface area contributed by atoms with Crippen LogP contribution >= 0.6 is 11.8 Å². The van der Waals surface area contributed by atoms with Gasteiger partial charge >= 0.3 is 5.69 Å². The second kappa shape index (κ2) is 7.78. The molecule has 0 amide bonds. The van der Waals surface area contributed by atoms with E-state index < -0.39 is 0 Å². The number of aromatic nitrogens is 4. The molecule has 0 unspecified atom stereocenters. The molecule has 2 heterocycles. The lowest BCUT2D eigenvalue weighted by molar-refractivity contribution is 0.399. The monoisotopic (exact) mass is 412 g/mol. The largest absolute Gasteiger partial charge is 0.332 e. The first-order valence-electron chi connectivity index (χ1n) is 9.63. The highest BCUT2D eigenvalue weighted by Gasteiger charge is 2.20. The molecule has 0 N–H and O–H groups in total. The molecular weight excluding hydrogens is 384 g/mol. The fourth-order valence-electron chi connectivity index (χ4n) is 3.23. The molecule has 0 radical (unpaired) electrons. The van der Waals surface area contributed by atoms with Crippen LogP contribution in [0.1, 0.15) is 43.3 Å². The Bertz CT molecular complexity index is 1200. The highest BCUT2D eigenvalue weighted by atomic mass is 32.2. The van der Waals surface area contributed by atoms with Gasteiger partial charge in [0.05, 0.1) is 0 Å². The summed E-state index contributed by atoms with van der Waals surface area (Å²) < 4.78 is 2.56. The molecule has 0 saturated carbocycles. The van der Waals surface area contributed by atoms with E-state index >= 15 is 0 Å². The van der Waals surface area contributed by atoms with Crippen molar-refractivity contribution in [2.24, 2.45) is 19.5 Å². The topological polar surface area (TPSA) is 69.8 Å². The van der Waals surface area contributed by atoms with E-state index in [0.29, 0.717) is 34.1 Å². The maximum atomic E-state index is 12.9. The van der Waals surface area contributed by atoms with E-state index in [4.69, 9.17) is 4.98 Å². The summed E-state index contributed by atoms with van der Waals surface area (Å²) in [6.45, 7) is 10.5. The molecule has 154 valence electrons. The fourth-order valence-corrected chi connectivity index (χ4v) is 4.33. The summed E-state index contributed by atoms with van der Waals surface area (Å²) in [4.78, 5) is 34.7. The van der Waals surface area contributed by atoms with Crippen LogP contribution in [-0.4, -0.2) is 19.1 Å². The maximum absolute atomic E-state index is 12.9. The predicted molar refractivity (Wildman–Crippen MR) is 119 cm³/mol. The predicted octanol–water partition coefficient (Wildman–Crippen LogP) is 3.52. The molecule has 0 spiro atoms. The average molecular weight is 413 g/mol. The average Bonchev–Trinajstić information content (AvgIpc) is 2.63. The van der Waals surface area contributed by atoms with Crippen LogP contribution in [0.15, 0.2) is 32.8 Å². The molecule has 29 heavy (non-hydrogen) atoms. The summed E-state index contributed by atoms with van der Waals surface area (Å²) in [7, 11) is 3.14. The summed E-state index contributed by atoms with van der Waals surface area (Å²) in [6, 6.07) is 6.36. The van der Waals surface area contributed by atoms with Crippen LogP contribution in [0.5, 0.6) is 0 Å². The van der Waals surface area contributed by atoms with Gasteiger partial charge in [0.15, 0.2) is 5.65 Å². The lowest BCUT2D eigenvalue weighted by Gasteiger charge is -2.18. The van der Waals surface area contributed by atoms with Crippen molar-refractivity contribution in [3.05, 3.63) is 61.6 Å². The van der Waals surface area contributed by atoms with E-state index in [1.807, 2.05) is 0 Å². The summed E-state index contributed by atoms with van der Waals surface area (Å²) in [6.07, 6.45) is 0.656. The third-order valence-corrected chi connectivity index (χ3v) is 5.89. The van der Waals surface area contributed by atoms with E-state index in [-0.39, 0.29) is 16.7 Å². The molecular formula is C22H28N4O2S. The van der Waals surface area contributed by atoms with E-state index in [1.165, 1.54) is 40.1 Å². The van der Waals surface area contributed by atoms with Crippen molar-refractivity contribution in [3.8, 4) is 0 Å². The van der Waals surface area contributed by atoms with Crippen LogP contribution in [0.25, 0.3) is 11.0 Å². The zero-order valence-electron chi connectivity index (χ0n) is 18.2. The lowest BCUT2D eigenvalue weighted by Crippen LogP contribution is -2.38. The molecule has 0 aliphatic rings. The van der Waals surface area contributed by atoms with Gasteiger partial charge in [0.1, 0.15) is 16.2 Å². The SMILES string of the molecule is Cc1ccc(C)c(CSc2nc(CC(C)(C)C)nc3c2c(=O)n(C)c(=O)n3C)c1. The maximum Gasteiger partial charge on any atom is 0.332 e. The smallest absolute Gasteiger partial charge is 0.280 e. The minimum absolute atomic E-state index is 0.0125. The van der Waals surface area contributed by atoms with Crippen molar-refractivity contribution in [2.75, 3.05) is 0 Å². The molecule has 3 aromatic rings. The minimum Gasteiger partial charge on any atom is -0.280 e. The molecule has 0 aliphatic carbocycles. The van der Waals surface area contributed by atoms with E-state index in [9.17, 15) is 9.59 Å². The van der Waals surface area contributed by atoms with Crippen molar-refractivity contribution in [1.29, 1.82) is 0 Å². The molecule has 0 bridgehead atoms. The normalized spacial score (nSPS) is 12.0. The van der Waals surface area contributed by atoms with Gasteiger partial charge in [-0.2, -0.15) is 0 Å². The van der Waals surface area contributed by atoms with Gasteiger partial charge in [-0.25, -0.2) is 14.8 Å². The van der Waals surface area contributed by atoms with Crippen LogP contribution in [0.3, 0.4) is 0 Å². The van der Waals surface area contributed by atoms with Crippen LogP contribution < -0.4 is 11.2 Å². The number of rotatable bonds is 4. The number of hydrogen-bond acceptors (Lipinski definition) is 5. The third-order valence-electron chi connectivity index (χ3n) is 4.87. The molecule has 2 aromatic heterocycles. The quantitative estimate of drug-likeness (QED) is 0.484. The number of aryl methyl sites for hydroxylation is 3. The van der Waals surface area contributed by atoms with Gasteiger partial charge in [0.25, 0.3) is 5.56 Å². The Kier molecular flexibility index (Phi) is 5.72. The number of hydrogen-bond donors (Lipinski definition) is 0. The highest BCUT2D eigenvalue weighted by molar-refractivity contribution is 7.98. The Morgan fingerprint density at radius 1 is 1.03 bits per heavy atom. The molecule has 7 heteroatoms. The third kappa shape index (κ3) is 4.45. The second-order valence-corrected chi connectivity index (χ2v) is 9.77. The lowest BCUT2D eigenvalue weighted by atomic mass is 9.92. The minimum atomic E-state index is -0.381. The number of fused-ring (bicyclic) bond motifs is 1. The first kappa shape index (κ1) is 21.3. The van der Waals surface area contributed by atoms with Crippen molar-refractivity contribution in [2.45, 2.75) is 51.8 Å². The summed E-state index contributed by atoms with van der Waals surface area (Å²) in [5.74, 6) is 1.34. The van der Waals surface area contributed by atoms with Gasteiger partial charge in [-0.1, -0.05) is 44.5 Å². The molecule has 0 saturated heterocycles. The van der Waals surface area contributed by atoms with Crippen molar-refractivity contribution >= 4 is 22.8 Å². The molecule has 1 aromatic carbocycles. The van der Waals surface area contributed by atoms with Gasteiger partial charge in [-0.3, -0.25) is 13.9 Å². The van der Waals surface area contributed by atoms with Crippen molar-refractivity contribution in [3.63, 3.8) is 0 Å². The van der Waals surface area contributed by atoms with Crippen LogP contribution in [0.2, 0.25) is 0 Å². The molecule has 0 fully saturated rings. The Hall–Kier alpha value is -2.41. The molecule has 0 aliphatic heterocycles. The zero-order chi connectivity index (χ0) is 21.5. The van der Waals surface area contributed by atoms with Gasteiger partial charge in [0, 0.05) is 26.3 Å². The first-order valence-corrected chi connectivity index (χ1v) is 10.6. The van der Waals surface area contributed by atoms with Crippen molar-refractivity contribution < 1.29 is 0 Å². The van der Waals surface area contributed by atoms with Gasteiger partial charge < -0.3 is 0 Å².